The van der Waals surface area contributed by atoms with E-state index in [0.29, 0.717) is 0 Å². The molecule has 0 heterocycles. The van der Waals surface area contributed by atoms with Gasteiger partial charge in [0.2, 0.25) is 0 Å². The molecule has 0 radical (unpaired) electrons. The Kier molecular flexibility index (Phi) is 3.07. The van der Waals surface area contributed by atoms with Crippen LogP contribution >= 0.6 is 0 Å². The van der Waals surface area contributed by atoms with Crippen molar-refractivity contribution in [2.24, 2.45) is 0 Å². The van der Waals surface area contributed by atoms with E-state index < -0.39 is 11.7 Å². The molecular weight excluding hydrogens is 157 g/mol. The van der Waals surface area contributed by atoms with E-state index in [1.54, 1.807) is 6.07 Å². The Bertz CT molecular complexity index is 205. The first kappa shape index (κ1) is 9.97. The minimum Gasteiger partial charge on any atom is -0.412 e. The lowest BCUT2D eigenvalue weighted by Crippen LogP contribution is -2.03. The Balaban J connectivity index is 0.000001000. The maximum Gasteiger partial charge on any atom is 0.416 e. The van der Waals surface area contributed by atoms with Gasteiger partial charge in [-0.2, -0.15) is 13.2 Å². The van der Waals surface area contributed by atoms with E-state index in [1.165, 1.54) is 12.1 Å². The smallest absolute Gasteiger partial charge is 0.412 e. The Morgan fingerprint density at radius 3 is 1.64 bits per heavy atom. The van der Waals surface area contributed by atoms with Crippen molar-refractivity contribution in [2.45, 2.75) is 6.18 Å². The number of hydrogen-bond acceptors (Lipinski definition) is 0. The first-order chi connectivity index (χ1) is 4.61. The Labute approximate surface area is 61.8 Å². The van der Waals surface area contributed by atoms with Gasteiger partial charge in [0.25, 0.3) is 0 Å². The highest BCUT2D eigenvalue weighted by Crippen LogP contribution is 2.28. The standard InChI is InChI=1S/C7H5F3.H2O/c8-7(9,10)6-4-2-1-3-5-6;/h1-5H;1H2. The van der Waals surface area contributed by atoms with Crippen molar-refractivity contribution >= 4 is 0 Å². The van der Waals surface area contributed by atoms with Crippen LogP contribution in [0.2, 0.25) is 0 Å². The molecule has 0 unspecified atom stereocenters. The molecule has 0 aliphatic heterocycles. The average Bonchev–Trinajstić information content (AvgIpc) is 1.88. The van der Waals surface area contributed by atoms with Gasteiger partial charge in [-0.1, -0.05) is 30.3 Å². The van der Waals surface area contributed by atoms with Gasteiger partial charge in [-0.3, -0.25) is 0 Å². The lowest BCUT2D eigenvalue weighted by atomic mass is 10.2. The van der Waals surface area contributed by atoms with Crippen molar-refractivity contribution in [3.63, 3.8) is 0 Å². The molecule has 0 bridgehead atoms. The van der Waals surface area contributed by atoms with E-state index in [2.05, 4.69) is 0 Å². The number of rotatable bonds is 0. The van der Waals surface area contributed by atoms with Gasteiger partial charge in [0.05, 0.1) is 5.56 Å². The summed E-state index contributed by atoms with van der Waals surface area (Å²) >= 11 is 0. The largest absolute Gasteiger partial charge is 0.416 e. The second-order valence-electron chi connectivity index (χ2n) is 1.86. The van der Waals surface area contributed by atoms with Crippen molar-refractivity contribution in [1.82, 2.24) is 0 Å². The van der Waals surface area contributed by atoms with Gasteiger partial charge in [0, 0.05) is 0 Å². The van der Waals surface area contributed by atoms with Crippen LogP contribution in [0.5, 0.6) is 0 Å². The normalized spacial score (nSPS) is 10.5. The summed E-state index contributed by atoms with van der Waals surface area (Å²) in [6, 6.07) is 6.36. The fraction of sp³-hybridized carbons (Fsp3) is 0.143. The second-order valence-corrected chi connectivity index (χ2v) is 1.86. The zero-order valence-electron chi connectivity index (χ0n) is 5.52. The fourth-order valence-corrected chi connectivity index (χ4v) is 0.627. The van der Waals surface area contributed by atoms with Crippen LogP contribution in [0.4, 0.5) is 13.2 Å². The van der Waals surface area contributed by atoms with Crippen molar-refractivity contribution in [2.75, 3.05) is 0 Å². The minimum atomic E-state index is -4.21. The van der Waals surface area contributed by atoms with Crippen LogP contribution in [-0.2, 0) is 6.18 Å². The highest BCUT2D eigenvalue weighted by molar-refractivity contribution is 5.17. The summed E-state index contributed by atoms with van der Waals surface area (Å²) in [6.07, 6.45) is -4.21. The topological polar surface area (TPSA) is 31.5 Å². The van der Waals surface area contributed by atoms with E-state index >= 15 is 0 Å². The summed E-state index contributed by atoms with van der Waals surface area (Å²) in [7, 11) is 0. The van der Waals surface area contributed by atoms with E-state index in [-0.39, 0.29) is 5.48 Å². The third kappa shape index (κ3) is 2.59. The molecule has 1 nitrogen and oxygen atoms in total. The fourth-order valence-electron chi connectivity index (χ4n) is 0.627. The van der Waals surface area contributed by atoms with E-state index in [1.807, 2.05) is 0 Å². The number of alkyl halides is 3. The molecule has 1 aromatic carbocycles. The molecule has 0 amide bonds. The average molecular weight is 164 g/mol. The quantitative estimate of drug-likeness (QED) is 0.560. The maximum atomic E-state index is 11.8. The molecule has 62 valence electrons. The summed E-state index contributed by atoms with van der Waals surface area (Å²) in [4.78, 5) is 0. The lowest BCUT2D eigenvalue weighted by molar-refractivity contribution is -0.137. The van der Waals surface area contributed by atoms with Crippen molar-refractivity contribution in [3.8, 4) is 0 Å². The molecule has 2 N–H and O–H groups in total. The van der Waals surface area contributed by atoms with Crippen molar-refractivity contribution in [1.29, 1.82) is 0 Å². The SMILES string of the molecule is FC(F)(F)c1ccccc1.O. The second kappa shape index (κ2) is 3.39. The molecule has 0 fully saturated rings. The van der Waals surface area contributed by atoms with E-state index in [9.17, 15) is 13.2 Å². The van der Waals surface area contributed by atoms with Crippen LogP contribution < -0.4 is 0 Å². The first-order valence-electron chi connectivity index (χ1n) is 2.73. The monoisotopic (exact) mass is 164 g/mol. The van der Waals surface area contributed by atoms with Crippen LogP contribution in [0.15, 0.2) is 30.3 Å². The predicted molar refractivity (Wildman–Crippen MR) is 35.1 cm³/mol. The number of hydrogen-bond donors (Lipinski definition) is 0. The summed E-state index contributed by atoms with van der Waals surface area (Å²) in [5.74, 6) is 0. The first-order valence-corrected chi connectivity index (χ1v) is 2.73. The van der Waals surface area contributed by atoms with Crippen LogP contribution in [-0.4, -0.2) is 5.48 Å². The molecule has 0 aromatic heterocycles. The van der Waals surface area contributed by atoms with Crippen LogP contribution in [0.3, 0.4) is 0 Å². The van der Waals surface area contributed by atoms with Gasteiger partial charge in [0.1, 0.15) is 0 Å². The van der Waals surface area contributed by atoms with Crippen molar-refractivity contribution < 1.29 is 18.6 Å². The van der Waals surface area contributed by atoms with Gasteiger partial charge < -0.3 is 5.48 Å². The minimum absolute atomic E-state index is 0. The molecule has 0 spiro atoms. The van der Waals surface area contributed by atoms with Gasteiger partial charge in [-0.05, 0) is 0 Å². The summed E-state index contributed by atoms with van der Waals surface area (Å²) < 4.78 is 35.4. The zero-order chi connectivity index (χ0) is 7.61. The van der Waals surface area contributed by atoms with Crippen LogP contribution in [0, 0.1) is 0 Å². The summed E-state index contributed by atoms with van der Waals surface area (Å²) in [5.41, 5.74) is -0.602. The Hall–Kier alpha value is -1.03. The molecule has 11 heavy (non-hydrogen) atoms. The molecule has 1 aromatic rings. The number of benzene rings is 1. The van der Waals surface area contributed by atoms with E-state index in [4.69, 9.17) is 0 Å². The van der Waals surface area contributed by atoms with Gasteiger partial charge in [-0.25, -0.2) is 0 Å². The van der Waals surface area contributed by atoms with Crippen molar-refractivity contribution in [3.05, 3.63) is 35.9 Å². The molecule has 0 saturated carbocycles. The molecule has 0 aliphatic carbocycles. The lowest BCUT2D eigenvalue weighted by Gasteiger charge is -2.03. The molecule has 0 atom stereocenters. The van der Waals surface area contributed by atoms with E-state index in [0.717, 1.165) is 12.1 Å². The maximum absolute atomic E-state index is 11.8. The Morgan fingerprint density at radius 1 is 0.909 bits per heavy atom. The zero-order valence-corrected chi connectivity index (χ0v) is 5.52. The molecular formula is C7H7F3O. The summed E-state index contributed by atoms with van der Waals surface area (Å²) in [6.45, 7) is 0. The summed E-state index contributed by atoms with van der Waals surface area (Å²) in [5, 5.41) is 0. The predicted octanol–water partition coefficient (Wildman–Crippen LogP) is 1.88. The molecule has 4 heteroatoms. The Morgan fingerprint density at radius 2 is 1.36 bits per heavy atom. The highest BCUT2D eigenvalue weighted by Gasteiger charge is 2.29. The van der Waals surface area contributed by atoms with Gasteiger partial charge in [-0.15, -0.1) is 0 Å². The third-order valence-corrected chi connectivity index (χ3v) is 1.10. The van der Waals surface area contributed by atoms with Crippen LogP contribution in [0.25, 0.3) is 0 Å². The molecule has 0 aliphatic rings. The third-order valence-electron chi connectivity index (χ3n) is 1.10. The number of halogens is 3. The van der Waals surface area contributed by atoms with Gasteiger partial charge >= 0.3 is 6.18 Å². The van der Waals surface area contributed by atoms with Gasteiger partial charge in [0.15, 0.2) is 0 Å². The van der Waals surface area contributed by atoms with Crippen LogP contribution in [0.1, 0.15) is 5.56 Å². The molecule has 1 rings (SSSR count). The highest BCUT2D eigenvalue weighted by atomic mass is 19.4. The molecule has 0 saturated heterocycles.